The van der Waals surface area contributed by atoms with Crippen LogP contribution in [0.1, 0.15) is 23.6 Å². The van der Waals surface area contributed by atoms with E-state index >= 15 is 0 Å². The molecule has 4 nitrogen and oxygen atoms in total. The molecule has 2 amide bonds. The van der Waals surface area contributed by atoms with E-state index < -0.39 is 6.04 Å². The van der Waals surface area contributed by atoms with Crippen LogP contribution in [0, 0.1) is 13.8 Å². The van der Waals surface area contributed by atoms with E-state index in [-0.39, 0.29) is 11.8 Å². The number of hydrogen-bond donors (Lipinski definition) is 0. The number of anilines is 1. The van der Waals surface area contributed by atoms with Gasteiger partial charge in [0.05, 0.1) is 6.42 Å². The first kappa shape index (κ1) is 17.2. The Hall–Kier alpha value is -2.62. The molecule has 2 aromatic carbocycles. The first-order valence-corrected chi connectivity index (χ1v) is 8.70. The summed E-state index contributed by atoms with van der Waals surface area (Å²) in [5.41, 5.74) is 4.21. The maximum Gasteiger partial charge on any atom is 0.249 e. The van der Waals surface area contributed by atoms with E-state index in [4.69, 9.17) is 0 Å². The van der Waals surface area contributed by atoms with E-state index in [9.17, 15) is 9.59 Å². The van der Waals surface area contributed by atoms with Gasteiger partial charge in [0, 0.05) is 18.8 Å². The molecule has 1 fully saturated rings. The molecule has 1 aliphatic rings. The average molecular weight is 336 g/mol. The highest BCUT2D eigenvalue weighted by Crippen LogP contribution is 2.26. The third-order valence-electron chi connectivity index (χ3n) is 5.04. The van der Waals surface area contributed by atoms with Crippen molar-refractivity contribution in [3.05, 3.63) is 65.2 Å². The normalized spacial score (nSPS) is 17.7. The molecule has 1 heterocycles. The maximum absolute atomic E-state index is 12.9. The minimum atomic E-state index is -0.440. The maximum atomic E-state index is 12.9. The zero-order chi connectivity index (χ0) is 18.0. The quantitative estimate of drug-likeness (QED) is 0.864. The summed E-state index contributed by atoms with van der Waals surface area (Å²) in [6.45, 7) is 7.00. The molecule has 2 aromatic rings. The second-order valence-corrected chi connectivity index (χ2v) is 6.63. The number of nitrogens with zero attached hydrogens (tertiary/aromatic N) is 2. The fourth-order valence-corrected chi connectivity index (χ4v) is 3.35. The Morgan fingerprint density at radius 1 is 1.04 bits per heavy atom. The lowest BCUT2D eigenvalue weighted by atomic mass is 10.0. The van der Waals surface area contributed by atoms with Gasteiger partial charge in [0.2, 0.25) is 11.8 Å². The number of benzene rings is 2. The molecular formula is C21H24N2O2. The number of rotatable bonds is 3. The van der Waals surface area contributed by atoms with Crippen LogP contribution in [0.15, 0.2) is 48.5 Å². The summed E-state index contributed by atoms with van der Waals surface area (Å²) in [5, 5.41) is 0. The first-order valence-electron chi connectivity index (χ1n) is 8.70. The number of amides is 2. The SMILES string of the molecule is Cc1cccc(N2CCN(C(=O)Cc3ccccc3)C(C)C2=O)c1C. The van der Waals surface area contributed by atoms with Gasteiger partial charge >= 0.3 is 0 Å². The Kier molecular flexibility index (Phi) is 4.88. The Morgan fingerprint density at radius 2 is 1.76 bits per heavy atom. The number of piperazine rings is 1. The van der Waals surface area contributed by atoms with Crippen molar-refractivity contribution in [2.45, 2.75) is 33.2 Å². The van der Waals surface area contributed by atoms with Crippen LogP contribution in [-0.4, -0.2) is 35.8 Å². The Bertz CT molecular complexity index is 786. The standard InChI is InChI=1S/C21H24N2O2/c1-15-8-7-11-19(16(15)2)23-13-12-22(17(3)21(23)25)20(24)14-18-9-5-4-6-10-18/h4-11,17H,12-14H2,1-3H3. The largest absolute Gasteiger partial charge is 0.329 e. The third-order valence-corrected chi connectivity index (χ3v) is 5.04. The van der Waals surface area contributed by atoms with Crippen molar-refractivity contribution in [3.8, 4) is 0 Å². The van der Waals surface area contributed by atoms with Crippen LogP contribution in [0.25, 0.3) is 0 Å². The molecular weight excluding hydrogens is 312 g/mol. The summed E-state index contributed by atoms with van der Waals surface area (Å²) in [6.07, 6.45) is 0.335. The van der Waals surface area contributed by atoms with Crippen molar-refractivity contribution in [1.29, 1.82) is 0 Å². The second kappa shape index (κ2) is 7.09. The van der Waals surface area contributed by atoms with Crippen molar-refractivity contribution in [2.24, 2.45) is 0 Å². The third kappa shape index (κ3) is 3.43. The molecule has 0 aromatic heterocycles. The van der Waals surface area contributed by atoms with E-state index in [0.717, 1.165) is 16.8 Å². The number of carbonyl (C=O) groups is 2. The van der Waals surface area contributed by atoms with Crippen molar-refractivity contribution < 1.29 is 9.59 Å². The molecule has 1 atom stereocenters. The van der Waals surface area contributed by atoms with Crippen molar-refractivity contribution >= 4 is 17.5 Å². The molecule has 130 valence electrons. The summed E-state index contributed by atoms with van der Waals surface area (Å²) >= 11 is 0. The monoisotopic (exact) mass is 336 g/mol. The van der Waals surface area contributed by atoms with Crippen molar-refractivity contribution in [1.82, 2.24) is 4.90 Å². The highest BCUT2D eigenvalue weighted by Gasteiger charge is 2.35. The molecule has 25 heavy (non-hydrogen) atoms. The van der Waals surface area contributed by atoms with Crippen LogP contribution < -0.4 is 4.90 Å². The Morgan fingerprint density at radius 3 is 2.48 bits per heavy atom. The van der Waals surface area contributed by atoms with E-state index in [1.807, 2.05) is 74.2 Å². The molecule has 0 saturated carbocycles. The molecule has 0 aliphatic carbocycles. The molecule has 4 heteroatoms. The number of aryl methyl sites for hydroxylation is 1. The summed E-state index contributed by atoms with van der Waals surface area (Å²) in [7, 11) is 0. The van der Waals surface area contributed by atoms with E-state index in [2.05, 4.69) is 0 Å². The summed E-state index contributed by atoms with van der Waals surface area (Å²) < 4.78 is 0. The van der Waals surface area contributed by atoms with Gasteiger partial charge in [0.15, 0.2) is 0 Å². The van der Waals surface area contributed by atoms with E-state index in [0.29, 0.717) is 19.5 Å². The van der Waals surface area contributed by atoms with Crippen LogP contribution in [0.5, 0.6) is 0 Å². The minimum Gasteiger partial charge on any atom is -0.329 e. The van der Waals surface area contributed by atoms with Gasteiger partial charge in [0.1, 0.15) is 6.04 Å². The number of hydrogen-bond acceptors (Lipinski definition) is 2. The van der Waals surface area contributed by atoms with Gasteiger partial charge < -0.3 is 9.80 Å². The zero-order valence-electron chi connectivity index (χ0n) is 15.0. The predicted molar refractivity (Wildman–Crippen MR) is 99.6 cm³/mol. The lowest BCUT2D eigenvalue weighted by molar-refractivity contribution is -0.140. The van der Waals surface area contributed by atoms with Gasteiger partial charge in [-0.2, -0.15) is 0 Å². The van der Waals surface area contributed by atoms with Gasteiger partial charge in [-0.1, -0.05) is 42.5 Å². The highest BCUT2D eigenvalue weighted by molar-refractivity contribution is 6.01. The van der Waals surface area contributed by atoms with Gasteiger partial charge in [-0.15, -0.1) is 0 Å². The first-order chi connectivity index (χ1) is 12.0. The molecule has 0 bridgehead atoms. The van der Waals surface area contributed by atoms with Crippen molar-refractivity contribution in [2.75, 3.05) is 18.0 Å². The number of carbonyl (C=O) groups excluding carboxylic acids is 2. The second-order valence-electron chi connectivity index (χ2n) is 6.63. The van der Waals surface area contributed by atoms with Crippen LogP contribution in [0.3, 0.4) is 0 Å². The molecule has 1 saturated heterocycles. The fourth-order valence-electron chi connectivity index (χ4n) is 3.35. The van der Waals surface area contributed by atoms with Crippen LogP contribution in [0.4, 0.5) is 5.69 Å². The summed E-state index contributed by atoms with van der Waals surface area (Å²) in [6, 6.07) is 15.2. The highest BCUT2D eigenvalue weighted by atomic mass is 16.2. The van der Waals surface area contributed by atoms with Crippen LogP contribution in [0.2, 0.25) is 0 Å². The summed E-state index contributed by atoms with van der Waals surface area (Å²) in [5.74, 6) is -0.00553. The molecule has 0 N–H and O–H groups in total. The predicted octanol–water partition coefficient (Wildman–Crippen LogP) is 3.11. The molecule has 0 radical (unpaired) electrons. The fraction of sp³-hybridized carbons (Fsp3) is 0.333. The Balaban J connectivity index is 1.75. The molecule has 1 unspecified atom stereocenters. The molecule has 1 aliphatic heterocycles. The molecule has 3 rings (SSSR count). The lowest BCUT2D eigenvalue weighted by Gasteiger charge is -2.39. The van der Waals surface area contributed by atoms with Gasteiger partial charge in [-0.05, 0) is 43.5 Å². The van der Waals surface area contributed by atoms with Gasteiger partial charge in [-0.3, -0.25) is 9.59 Å². The zero-order valence-corrected chi connectivity index (χ0v) is 15.0. The minimum absolute atomic E-state index is 0.00710. The average Bonchev–Trinajstić information content (AvgIpc) is 2.61. The van der Waals surface area contributed by atoms with E-state index in [1.165, 1.54) is 5.56 Å². The van der Waals surface area contributed by atoms with Crippen LogP contribution in [-0.2, 0) is 16.0 Å². The Labute approximate surface area is 149 Å². The van der Waals surface area contributed by atoms with Crippen LogP contribution >= 0.6 is 0 Å². The smallest absolute Gasteiger partial charge is 0.249 e. The summed E-state index contributed by atoms with van der Waals surface area (Å²) in [4.78, 5) is 29.1. The molecule has 0 spiro atoms. The van der Waals surface area contributed by atoms with Gasteiger partial charge in [-0.25, -0.2) is 0 Å². The van der Waals surface area contributed by atoms with E-state index in [1.54, 1.807) is 4.90 Å². The lowest BCUT2D eigenvalue weighted by Crippen LogP contribution is -2.58. The topological polar surface area (TPSA) is 40.6 Å². The van der Waals surface area contributed by atoms with Crippen molar-refractivity contribution in [3.63, 3.8) is 0 Å². The van der Waals surface area contributed by atoms with Gasteiger partial charge in [0.25, 0.3) is 0 Å².